The predicted octanol–water partition coefficient (Wildman–Crippen LogP) is -1.49. The zero-order valence-corrected chi connectivity index (χ0v) is 24.4. The van der Waals surface area contributed by atoms with Gasteiger partial charge in [0, 0.05) is 18.4 Å². The van der Waals surface area contributed by atoms with E-state index in [9.17, 15) is 24.6 Å². The lowest BCUT2D eigenvalue weighted by Gasteiger charge is -2.44. The first-order valence-corrected chi connectivity index (χ1v) is 13.9. The minimum absolute atomic E-state index is 0.0623. The van der Waals surface area contributed by atoms with Crippen LogP contribution in [0, 0.1) is 0 Å². The first-order chi connectivity index (χ1) is 18.9. The van der Waals surface area contributed by atoms with Crippen LogP contribution in [0.25, 0.3) is 0 Å². The summed E-state index contributed by atoms with van der Waals surface area (Å²) >= 11 is 0. The number of rotatable bonds is 4. The fraction of sp³-hybridized carbons (Fsp3) is 0.607. The van der Waals surface area contributed by atoms with E-state index in [0.717, 1.165) is 16.0 Å². The summed E-state index contributed by atoms with van der Waals surface area (Å²) in [6.45, 7) is 12.2. The van der Waals surface area contributed by atoms with Crippen LogP contribution in [-0.2, 0) is 20.4 Å². The number of carbonyl (C=O) groups excluding carboxylic acids is 3. The summed E-state index contributed by atoms with van der Waals surface area (Å²) in [6.07, 6.45) is 0.226. The number of guanidine groups is 2. The summed E-state index contributed by atoms with van der Waals surface area (Å²) in [5.74, 6) is -3.73. The van der Waals surface area contributed by atoms with Crippen molar-refractivity contribution in [3.05, 3.63) is 34.9 Å². The average Bonchev–Trinajstić information content (AvgIpc) is 3.45. The summed E-state index contributed by atoms with van der Waals surface area (Å²) in [4.78, 5) is 43.9. The highest BCUT2D eigenvalue weighted by atomic mass is 16.5. The molecule has 1 spiro atoms. The van der Waals surface area contributed by atoms with Crippen LogP contribution in [0.4, 0.5) is 0 Å². The second-order valence-electron chi connectivity index (χ2n) is 13.5. The first-order valence-electron chi connectivity index (χ1n) is 13.9. The van der Waals surface area contributed by atoms with Crippen LogP contribution in [0.15, 0.2) is 23.2 Å². The summed E-state index contributed by atoms with van der Waals surface area (Å²) < 4.78 is 1.49. The molecule has 4 heterocycles. The van der Waals surface area contributed by atoms with Crippen LogP contribution in [0.5, 0.6) is 0 Å². The van der Waals surface area contributed by atoms with Crippen molar-refractivity contribution in [3.63, 3.8) is 0 Å². The minimum Gasteiger partial charge on any atom is -0.370 e. The molecule has 4 atom stereocenters. The number of nitrogens with one attached hydrogen (secondary N) is 3. The summed E-state index contributed by atoms with van der Waals surface area (Å²) in [5.41, 5.74) is 12.6. The SMILES string of the molecule is CC(C)(C)c1cc(C(=O)NC2C[N+]3=C(N)N[C@@H](CN4C(=O)CCC4=O)[C@@H]4N=C(N)N[C@@]43C2(O)O)cc(C(C)(C)C)c1. The standard InChI is InChI=1S/C28H40N8O5/c1-25(2,3)15-9-14(10-16(11-15)26(4,5)6)22(39)32-18-13-36-24(30)31-17(12-35-19(37)7-8-20(35)38)21-27(36,28(18,40)41)34-23(29)33-21/h9-11,17-18,21,40-41H,7-8,12-13H2,1-6H3,(H6,29,30,31,32,33,34,39)/p+1/t17-,18?,21-,27-/m0/s1. The lowest BCUT2D eigenvalue weighted by molar-refractivity contribution is -0.623. The number of benzene rings is 1. The molecular formula is C28H41N8O5+. The zero-order valence-electron chi connectivity index (χ0n) is 24.4. The zero-order chi connectivity index (χ0) is 30.3. The lowest BCUT2D eigenvalue weighted by Crippen LogP contribution is -2.79. The van der Waals surface area contributed by atoms with E-state index in [1.165, 1.54) is 4.58 Å². The van der Waals surface area contributed by atoms with Gasteiger partial charge in [-0.05, 0) is 34.1 Å². The van der Waals surface area contributed by atoms with Gasteiger partial charge in [0.2, 0.25) is 23.3 Å². The Morgan fingerprint density at radius 3 is 2.17 bits per heavy atom. The van der Waals surface area contributed by atoms with E-state index in [2.05, 4.69) is 68.6 Å². The smallest absolute Gasteiger partial charge is 0.346 e. The third-order valence-corrected chi connectivity index (χ3v) is 8.63. The molecule has 2 fully saturated rings. The largest absolute Gasteiger partial charge is 0.370 e. The summed E-state index contributed by atoms with van der Waals surface area (Å²) in [7, 11) is 0. The minimum atomic E-state index is -2.61. The van der Waals surface area contributed by atoms with Gasteiger partial charge in [-0.25, -0.2) is 9.57 Å². The Hall–Kier alpha value is -3.71. The van der Waals surface area contributed by atoms with E-state index in [1.807, 2.05) is 12.1 Å². The molecule has 41 heavy (non-hydrogen) atoms. The van der Waals surface area contributed by atoms with Crippen LogP contribution in [0.1, 0.15) is 75.9 Å². The van der Waals surface area contributed by atoms with E-state index < -0.39 is 35.5 Å². The second-order valence-corrected chi connectivity index (χ2v) is 13.5. The molecule has 0 radical (unpaired) electrons. The maximum absolute atomic E-state index is 13.7. The van der Waals surface area contributed by atoms with Gasteiger partial charge in [-0.2, -0.15) is 0 Å². The molecule has 2 saturated heterocycles. The maximum atomic E-state index is 13.7. The van der Waals surface area contributed by atoms with Gasteiger partial charge in [-0.1, -0.05) is 47.6 Å². The molecule has 1 aromatic carbocycles. The van der Waals surface area contributed by atoms with Crippen LogP contribution in [-0.4, -0.2) is 92.0 Å². The third-order valence-electron chi connectivity index (χ3n) is 8.63. The van der Waals surface area contributed by atoms with Crippen molar-refractivity contribution in [2.45, 2.75) is 94.8 Å². The number of nitrogens with zero attached hydrogens (tertiary/aromatic N) is 3. The van der Waals surface area contributed by atoms with Crippen molar-refractivity contribution in [1.82, 2.24) is 20.9 Å². The molecule has 0 aromatic heterocycles. The van der Waals surface area contributed by atoms with Crippen LogP contribution in [0.2, 0.25) is 0 Å². The average molecular weight is 570 g/mol. The molecule has 4 aliphatic heterocycles. The van der Waals surface area contributed by atoms with Gasteiger partial charge >= 0.3 is 5.96 Å². The Balaban J connectivity index is 1.48. The van der Waals surface area contributed by atoms with Gasteiger partial charge in [0.1, 0.15) is 18.1 Å². The number of likely N-dealkylation sites (tertiary alicyclic amines) is 1. The first kappa shape index (κ1) is 28.8. The fourth-order valence-corrected chi connectivity index (χ4v) is 6.20. The van der Waals surface area contributed by atoms with Crippen molar-refractivity contribution in [2.75, 3.05) is 13.1 Å². The van der Waals surface area contributed by atoms with Crippen molar-refractivity contribution in [2.24, 2.45) is 16.5 Å². The normalized spacial score (nSPS) is 29.1. The molecule has 0 aliphatic carbocycles. The molecule has 13 heteroatoms. The number of amides is 3. The predicted molar refractivity (Wildman–Crippen MR) is 151 cm³/mol. The number of hydrogen-bond acceptors (Lipinski definition) is 10. The topological polar surface area (TPSA) is 198 Å². The van der Waals surface area contributed by atoms with Gasteiger partial charge < -0.3 is 26.6 Å². The van der Waals surface area contributed by atoms with Crippen LogP contribution >= 0.6 is 0 Å². The summed E-state index contributed by atoms with van der Waals surface area (Å²) in [6, 6.07) is 2.79. The Morgan fingerprint density at radius 2 is 1.63 bits per heavy atom. The molecule has 1 aromatic rings. The van der Waals surface area contributed by atoms with Gasteiger partial charge in [-0.3, -0.25) is 30.3 Å². The number of aliphatic imine (C=N–C) groups is 1. The highest BCUT2D eigenvalue weighted by Gasteiger charge is 2.75. The van der Waals surface area contributed by atoms with Crippen LogP contribution in [0.3, 0.4) is 0 Å². The van der Waals surface area contributed by atoms with E-state index >= 15 is 0 Å². The molecule has 9 N–H and O–H groups in total. The molecule has 13 nitrogen and oxygen atoms in total. The maximum Gasteiger partial charge on any atom is 0.346 e. The molecule has 3 amide bonds. The van der Waals surface area contributed by atoms with Gasteiger partial charge in [-0.15, -0.1) is 0 Å². The quantitative estimate of drug-likeness (QED) is 0.128. The number of hydrogen-bond donors (Lipinski definition) is 7. The summed E-state index contributed by atoms with van der Waals surface area (Å²) in [5, 5.41) is 32.3. The van der Waals surface area contributed by atoms with Crippen LogP contribution < -0.4 is 27.4 Å². The van der Waals surface area contributed by atoms with E-state index in [4.69, 9.17) is 11.5 Å². The second kappa shape index (κ2) is 9.15. The number of aliphatic hydroxyl groups is 2. The van der Waals surface area contributed by atoms with Gasteiger partial charge in [0.15, 0.2) is 5.96 Å². The highest BCUT2D eigenvalue weighted by Crippen LogP contribution is 2.42. The van der Waals surface area contributed by atoms with E-state index in [1.54, 1.807) is 0 Å². The number of imide groups is 1. The number of carbonyl (C=O) groups is 3. The Morgan fingerprint density at radius 1 is 1.07 bits per heavy atom. The van der Waals surface area contributed by atoms with Crippen molar-refractivity contribution in [3.8, 4) is 0 Å². The Labute approximate surface area is 239 Å². The van der Waals surface area contributed by atoms with Gasteiger partial charge in [0.25, 0.3) is 5.91 Å². The lowest BCUT2D eigenvalue weighted by atomic mass is 9.79. The Bertz CT molecular complexity index is 1340. The van der Waals surface area contributed by atoms with Gasteiger partial charge in [0.05, 0.1) is 13.1 Å². The molecule has 1 unspecified atom stereocenters. The molecular weight excluding hydrogens is 528 g/mol. The van der Waals surface area contributed by atoms with Crippen molar-refractivity contribution in [1.29, 1.82) is 0 Å². The molecule has 0 saturated carbocycles. The monoisotopic (exact) mass is 569 g/mol. The fourth-order valence-electron chi connectivity index (χ4n) is 6.20. The molecule has 4 aliphatic rings. The highest BCUT2D eigenvalue weighted by molar-refractivity contribution is 6.02. The molecule has 222 valence electrons. The van der Waals surface area contributed by atoms with Crippen molar-refractivity contribution < 1.29 is 29.2 Å². The Kier molecular flexibility index (Phi) is 6.43. The molecule has 0 bridgehead atoms. The van der Waals surface area contributed by atoms with E-state index in [0.29, 0.717) is 5.56 Å². The van der Waals surface area contributed by atoms with E-state index in [-0.39, 0.29) is 60.5 Å². The third kappa shape index (κ3) is 4.51. The number of nitrogens with two attached hydrogens (primary N) is 2. The molecule has 5 rings (SSSR count). The van der Waals surface area contributed by atoms with Crippen molar-refractivity contribution >= 4 is 29.6 Å².